The quantitative estimate of drug-likeness (QED) is 0.629. The molecule has 0 bridgehead atoms. The fourth-order valence-corrected chi connectivity index (χ4v) is 3.25. The van der Waals surface area contributed by atoms with E-state index in [0.717, 1.165) is 5.56 Å². The van der Waals surface area contributed by atoms with E-state index in [1.807, 2.05) is 43.3 Å². The molecule has 0 saturated heterocycles. The molecule has 0 aliphatic rings. The van der Waals surface area contributed by atoms with Crippen molar-refractivity contribution in [1.29, 1.82) is 0 Å². The smallest absolute Gasteiger partial charge is 0.387 e. The van der Waals surface area contributed by atoms with Gasteiger partial charge < -0.3 is 27.5 Å². The lowest BCUT2D eigenvalue weighted by Gasteiger charge is -2.21. The van der Waals surface area contributed by atoms with Crippen LogP contribution in [0.2, 0.25) is 0 Å². The van der Waals surface area contributed by atoms with Crippen molar-refractivity contribution in [3.05, 3.63) is 71.8 Å². The van der Waals surface area contributed by atoms with E-state index in [-0.39, 0.29) is 18.4 Å². The van der Waals surface area contributed by atoms with Gasteiger partial charge in [0.05, 0.1) is 0 Å². The lowest BCUT2D eigenvalue weighted by atomic mass is 10.1. The van der Waals surface area contributed by atoms with Crippen LogP contribution >= 0.6 is 7.60 Å². The molecule has 0 aliphatic heterocycles. The van der Waals surface area contributed by atoms with Crippen LogP contribution in [0.3, 0.4) is 0 Å². The van der Waals surface area contributed by atoms with E-state index in [2.05, 4.69) is 0 Å². The molecule has 0 unspecified atom stereocenters. The summed E-state index contributed by atoms with van der Waals surface area (Å²) in [6.07, 6.45) is 0. The number of nitrogens with two attached hydrogens (primary N) is 1. The highest BCUT2D eigenvalue weighted by atomic mass is 35.5. The SMILES string of the molecule is C[C@H]([NH2+][C@@H](c1ccccc1)P(=O)(O)O)c1ccccc1.[Cl-]. The molecule has 2 aromatic rings. The molecular formula is C15H19ClNO3P. The molecule has 0 saturated carbocycles. The number of rotatable bonds is 5. The number of benzene rings is 2. The maximum absolute atomic E-state index is 11.8. The van der Waals surface area contributed by atoms with Gasteiger partial charge in [0.1, 0.15) is 6.04 Å². The van der Waals surface area contributed by atoms with Crippen LogP contribution in [0.5, 0.6) is 0 Å². The van der Waals surface area contributed by atoms with Gasteiger partial charge in [0.15, 0.2) is 0 Å². The Morgan fingerprint density at radius 3 is 1.76 bits per heavy atom. The molecule has 6 heteroatoms. The van der Waals surface area contributed by atoms with Crippen molar-refractivity contribution in [2.24, 2.45) is 0 Å². The third kappa shape index (κ3) is 4.95. The van der Waals surface area contributed by atoms with Crippen LogP contribution in [0.15, 0.2) is 60.7 Å². The largest absolute Gasteiger partial charge is 1.00 e. The predicted molar refractivity (Wildman–Crippen MR) is 78.0 cm³/mol. The first-order chi connectivity index (χ1) is 9.48. The molecule has 2 aromatic carbocycles. The summed E-state index contributed by atoms with van der Waals surface area (Å²) in [6.45, 7) is 1.95. The highest BCUT2D eigenvalue weighted by Crippen LogP contribution is 2.47. The lowest BCUT2D eigenvalue weighted by Crippen LogP contribution is -3.00. The van der Waals surface area contributed by atoms with Gasteiger partial charge in [-0.15, -0.1) is 0 Å². The topological polar surface area (TPSA) is 74.1 Å². The summed E-state index contributed by atoms with van der Waals surface area (Å²) in [7, 11) is -4.23. The minimum Gasteiger partial charge on any atom is -1.00 e. The summed E-state index contributed by atoms with van der Waals surface area (Å²) in [5, 5.41) is 1.73. The van der Waals surface area contributed by atoms with E-state index in [1.54, 1.807) is 29.6 Å². The Hall–Kier alpha value is -1.16. The van der Waals surface area contributed by atoms with Crippen molar-refractivity contribution in [1.82, 2.24) is 0 Å². The molecule has 0 heterocycles. The van der Waals surface area contributed by atoms with Crippen LogP contribution in [-0.4, -0.2) is 9.79 Å². The minimum absolute atomic E-state index is 0. The minimum atomic E-state index is -4.23. The molecule has 0 aliphatic carbocycles. The Balaban J connectivity index is 0.00000220. The predicted octanol–water partition coefficient (Wildman–Crippen LogP) is -0.808. The second kappa shape index (κ2) is 7.74. The first kappa shape index (κ1) is 17.9. The Labute approximate surface area is 130 Å². The fourth-order valence-electron chi connectivity index (χ4n) is 2.21. The number of quaternary nitrogens is 1. The van der Waals surface area contributed by atoms with Crippen molar-refractivity contribution in [2.75, 3.05) is 0 Å². The van der Waals surface area contributed by atoms with Crippen molar-refractivity contribution in [2.45, 2.75) is 18.7 Å². The zero-order chi connectivity index (χ0) is 14.6. The molecule has 0 fully saturated rings. The van der Waals surface area contributed by atoms with Gasteiger partial charge in [0.2, 0.25) is 5.78 Å². The van der Waals surface area contributed by atoms with Gasteiger partial charge in [-0.05, 0) is 6.92 Å². The Bertz CT molecular complexity index is 588. The second-order valence-electron chi connectivity index (χ2n) is 4.84. The Morgan fingerprint density at radius 1 is 0.905 bits per heavy atom. The van der Waals surface area contributed by atoms with Crippen molar-refractivity contribution < 1.29 is 32.1 Å². The molecular weight excluding hydrogens is 309 g/mol. The summed E-state index contributed by atoms with van der Waals surface area (Å²) >= 11 is 0. The highest BCUT2D eigenvalue weighted by Gasteiger charge is 2.35. The van der Waals surface area contributed by atoms with Crippen molar-refractivity contribution >= 4 is 7.60 Å². The summed E-state index contributed by atoms with van der Waals surface area (Å²) in [6, 6.07) is 18.6. The highest BCUT2D eigenvalue weighted by molar-refractivity contribution is 7.51. The van der Waals surface area contributed by atoms with Crippen LogP contribution in [0, 0.1) is 0 Å². The molecule has 0 aromatic heterocycles. The zero-order valence-corrected chi connectivity index (χ0v) is 13.3. The normalized spacial score (nSPS) is 14.0. The molecule has 21 heavy (non-hydrogen) atoms. The molecule has 0 spiro atoms. The van der Waals surface area contributed by atoms with Gasteiger partial charge in [-0.1, -0.05) is 60.7 Å². The summed E-state index contributed by atoms with van der Waals surface area (Å²) in [5.74, 6) is -0.876. The average molecular weight is 328 g/mol. The first-order valence-electron chi connectivity index (χ1n) is 6.48. The third-order valence-corrected chi connectivity index (χ3v) is 4.49. The van der Waals surface area contributed by atoms with E-state index in [4.69, 9.17) is 0 Å². The zero-order valence-electron chi connectivity index (χ0n) is 11.6. The first-order valence-corrected chi connectivity index (χ1v) is 8.17. The molecule has 2 rings (SSSR count). The lowest BCUT2D eigenvalue weighted by molar-refractivity contribution is -0.714. The molecule has 4 nitrogen and oxygen atoms in total. The van der Waals surface area contributed by atoms with Gasteiger partial charge in [0.25, 0.3) is 0 Å². The van der Waals surface area contributed by atoms with Crippen LogP contribution in [-0.2, 0) is 4.57 Å². The van der Waals surface area contributed by atoms with Gasteiger partial charge in [-0.25, -0.2) is 0 Å². The molecule has 0 amide bonds. The molecule has 4 N–H and O–H groups in total. The van der Waals surface area contributed by atoms with Gasteiger partial charge in [0, 0.05) is 11.1 Å². The number of hydrogen-bond acceptors (Lipinski definition) is 1. The standard InChI is InChI=1S/C15H18NO3P.ClH/c1-12(13-8-4-2-5-9-13)16-15(20(17,18)19)14-10-6-3-7-11-14;/h2-12,15-16H,1H3,(H2,17,18,19);1H/t12-,15+;/m0./s1. The van der Waals surface area contributed by atoms with E-state index in [1.165, 1.54) is 0 Å². The van der Waals surface area contributed by atoms with Crippen LogP contribution in [0.1, 0.15) is 29.9 Å². The summed E-state index contributed by atoms with van der Waals surface area (Å²) in [5.41, 5.74) is 1.69. The number of halogens is 1. The summed E-state index contributed by atoms with van der Waals surface area (Å²) in [4.78, 5) is 19.2. The Kier molecular flexibility index (Phi) is 6.59. The fraction of sp³-hybridized carbons (Fsp3) is 0.200. The van der Waals surface area contributed by atoms with E-state index >= 15 is 0 Å². The van der Waals surface area contributed by atoms with Crippen LogP contribution in [0.25, 0.3) is 0 Å². The molecule has 114 valence electrons. The molecule has 0 radical (unpaired) electrons. The van der Waals surface area contributed by atoms with Gasteiger partial charge in [-0.2, -0.15) is 0 Å². The third-order valence-electron chi connectivity index (χ3n) is 3.30. The summed E-state index contributed by atoms with van der Waals surface area (Å²) < 4.78 is 11.8. The van der Waals surface area contributed by atoms with Crippen LogP contribution in [0.4, 0.5) is 0 Å². The average Bonchev–Trinajstić information content (AvgIpc) is 2.45. The van der Waals surface area contributed by atoms with E-state index in [0.29, 0.717) is 5.56 Å². The number of hydrogen-bond donors (Lipinski definition) is 3. The van der Waals surface area contributed by atoms with Gasteiger partial charge in [-0.3, -0.25) is 4.57 Å². The van der Waals surface area contributed by atoms with Gasteiger partial charge >= 0.3 is 7.60 Å². The van der Waals surface area contributed by atoms with Crippen LogP contribution < -0.4 is 17.7 Å². The van der Waals surface area contributed by atoms with Crippen molar-refractivity contribution in [3.8, 4) is 0 Å². The second-order valence-corrected chi connectivity index (χ2v) is 6.57. The van der Waals surface area contributed by atoms with E-state index < -0.39 is 13.4 Å². The van der Waals surface area contributed by atoms with Crippen molar-refractivity contribution in [3.63, 3.8) is 0 Å². The maximum atomic E-state index is 11.8. The molecule has 2 atom stereocenters. The maximum Gasteiger partial charge on any atom is 0.387 e. The monoisotopic (exact) mass is 327 g/mol. The van der Waals surface area contributed by atoms with E-state index in [9.17, 15) is 14.4 Å². The Morgan fingerprint density at radius 2 is 1.33 bits per heavy atom.